The number of hydrogen-bond donors (Lipinski definition) is 0. The van der Waals surface area contributed by atoms with Gasteiger partial charge in [0.05, 0.1) is 13.4 Å². The molecule has 0 saturated heterocycles. The van der Waals surface area contributed by atoms with Gasteiger partial charge in [-0.2, -0.15) is 4.31 Å². The first-order valence-corrected chi connectivity index (χ1v) is 12.9. The molecule has 0 N–H and O–H groups in total. The lowest BCUT2D eigenvalue weighted by molar-refractivity contribution is -0.154. The normalized spacial score (nSPS) is 11.9. The number of hydrogen-bond acceptors (Lipinski definition) is 7. The lowest BCUT2D eigenvalue weighted by Gasteiger charge is -2.29. The number of anilines is 1. The molecule has 0 aliphatic rings. The van der Waals surface area contributed by atoms with Crippen molar-refractivity contribution in [3.63, 3.8) is 0 Å². The van der Waals surface area contributed by atoms with Crippen LogP contribution in [0.4, 0.5) is 5.69 Å². The third kappa shape index (κ3) is 8.96. The van der Waals surface area contributed by atoms with Gasteiger partial charge in [0.1, 0.15) is 17.9 Å². The van der Waals surface area contributed by atoms with Gasteiger partial charge in [-0.15, -0.1) is 0 Å². The van der Waals surface area contributed by atoms with E-state index in [0.717, 1.165) is 16.1 Å². The molecule has 8 nitrogen and oxygen atoms in total. The van der Waals surface area contributed by atoms with E-state index in [1.807, 2.05) is 35.2 Å². The molecule has 0 bridgehead atoms. The molecule has 186 valence electrons. The summed E-state index contributed by atoms with van der Waals surface area (Å²) in [4.78, 5) is 25.9. The summed E-state index contributed by atoms with van der Waals surface area (Å²) >= 11 is 5.66. The third-order valence-corrected chi connectivity index (χ3v) is 6.25. The molecular weight excluding hydrogens is 480 g/mol. The number of sulfonamides is 1. The average Bonchev–Trinajstić information content (AvgIpc) is 2.74. The van der Waals surface area contributed by atoms with Gasteiger partial charge in [0.15, 0.2) is 0 Å². The van der Waals surface area contributed by atoms with Crippen molar-refractivity contribution in [1.29, 1.82) is 0 Å². The predicted octanol–water partition coefficient (Wildman–Crippen LogP) is 3.68. The zero-order valence-electron chi connectivity index (χ0n) is 20.1. The molecule has 0 aliphatic heterocycles. The number of carbonyl (C=O) groups is 2. The Labute approximate surface area is 206 Å². The van der Waals surface area contributed by atoms with Crippen LogP contribution in [0.3, 0.4) is 0 Å². The quantitative estimate of drug-likeness (QED) is 0.336. The Morgan fingerprint density at radius 3 is 2.21 bits per heavy atom. The van der Waals surface area contributed by atoms with Gasteiger partial charge in [-0.25, -0.2) is 8.42 Å². The summed E-state index contributed by atoms with van der Waals surface area (Å²) in [6.07, 6.45) is 1.05. The molecule has 0 amide bonds. The number of halogens is 1. The highest BCUT2D eigenvalue weighted by atomic mass is 35.5. The van der Waals surface area contributed by atoms with E-state index in [9.17, 15) is 18.0 Å². The minimum Gasteiger partial charge on any atom is -0.497 e. The van der Waals surface area contributed by atoms with Crippen LogP contribution in [0.5, 0.6) is 5.75 Å². The van der Waals surface area contributed by atoms with Gasteiger partial charge in [-0.1, -0.05) is 18.2 Å². The Morgan fingerprint density at radius 2 is 1.68 bits per heavy atom. The van der Waals surface area contributed by atoms with E-state index >= 15 is 0 Å². The Morgan fingerprint density at radius 1 is 1.03 bits per heavy atom. The first-order chi connectivity index (χ1) is 15.8. The molecule has 10 heteroatoms. The van der Waals surface area contributed by atoms with E-state index in [-0.39, 0.29) is 13.1 Å². The second kappa shape index (κ2) is 11.7. The zero-order chi connectivity index (χ0) is 25.5. The zero-order valence-corrected chi connectivity index (χ0v) is 21.6. The van der Waals surface area contributed by atoms with E-state index in [4.69, 9.17) is 21.1 Å². The van der Waals surface area contributed by atoms with E-state index in [2.05, 4.69) is 0 Å². The maximum Gasteiger partial charge on any atom is 0.321 e. The van der Waals surface area contributed by atoms with Crippen LogP contribution in [0.15, 0.2) is 48.5 Å². The summed E-state index contributed by atoms with van der Waals surface area (Å²) in [6, 6.07) is 14.2. The highest BCUT2D eigenvalue weighted by molar-refractivity contribution is 7.88. The fourth-order valence-corrected chi connectivity index (χ4v) is 4.06. The van der Waals surface area contributed by atoms with E-state index in [1.165, 1.54) is 0 Å². The number of esters is 1. The van der Waals surface area contributed by atoms with Crippen LogP contribution in [-0.2, 0) is 26.1 Å². The standard InChI is InChI=1S/C24H31ClN2O6S/c1-24(2,3)33-22(28)17-27(34(5,30)31)14-13-26(16-18-9-11-21(32-4)12-10-18)20-8-6-7-19(15-20)23(25)29/h6-12,15H,13-14,16-17H2,1-5H3. The molecular formula is C24H31ClN2O6S. The topological polar surface area (TPSA) is 93.2 Å². The Hall–Kier alpha value is -2.62. The Kier molecular flexibility index (Phi) is 9.49. The van der Waals surface area contributed by atoms with Gasteiger partial charge in [0, 0.05) is 30.9 Å². The maximum atomic E-state index is 12.4. The maximum absolute atomic E-state index is 12.4. The van der Waals surface area contributed by atoms with Crippen LogP contribution in [-0.4, -0.2) is 62.5 Å². The smallest absolute Gasteiger partial charge is 0.321 e. The fourth-order valence-electron chi connectivity index (χ4n) is 3.19. The third-order valence-electron chi connectivity index (χ3n) is 4.78. The molecule has 0 fully saturated rings. The largest absolute Gasteiger partial charge is 0.497 e. The first kappa shape index (κ1) is 27.6. The summed E-state index contributed by atoms with van der Waals surface area (Å²) < 4.78 is 36.3. The summed E-state index contributed by atoms with van der Waals surface area (Å²) in [7, 11) is -2.10. The van der Waals surface area contributed by atoms with Crippen molar-refractivity contribution in [3.05, 3.63) is 59.7 Å². The minimum atomic E-state index is -3.68. The second-order valence-corrected chi connectivity index (χ2v) is 11.1. The van der Waals surface area contributed by atoms with Crippen LogP contribution in [0.2, 0.25) is 0 Å². The number of methoxy groups -OCH3 is 1. The Balaban J connectivity index is 2.28. The van der Waals surface area contributed by atoms with Gasteiger partial charge < -0.3 is 14.4 Å². The van der Waals surface area contributed by atoms with Gasteiger partial charge >= 0.3 is 5.97 Å². The van der Waals surface area contributed by atoms with Crippen molar-refractivity contribution in [2.45, 2.75) is 32.9 Å². The van der Waals surface area contributed by atoms with Crippen molar-refractivity contribution in [3.8, 4) is 5.75 Å². The molecule has 0 spiro atoms. The minimum absolute atomic E-state index is 0.0350. The first-order valence-electron chi connectivity index (χ1n) is 10.6. The molecule has 0 aliphatic carbocycles. The number of rotatable bonds is 11. The van der Waals surface area contributed by atoms with Crippen LogP contribution in [0.1, 0.15) is 36.7 Å². The lowest BCUT2D eigenvalue weighted by atomic mass is 10.1. The van der Waals surface area contributed by atoms with Gasteiger partial charge in [0.25, 0.3) is 5.24 Å². The second-order valence-electron chi connectivity index (χ2n) is 8.78. The SMILES string of the molecule is COc1ccc(CN(CCN(CC(=O)OC(C)(C)C)S(C)(=O)=O)c2cccc(C(=O)Cl)c2)cc1. The molecule has 0 heterocycles. The van der Waals surface area contributed by atoms with E-state index in [1.54, 1.807) is 46.1 Å². The van der Waals surface area contributed by atoms with E-state index in [0.29, 0.717) is 23.5 Å². The molecule has 0 radical (unpaired) electrons. The van der Waals surface area contributed by atoms with E-state index < -0.39 is 33.4 Å². The number of benzene rings is 2. The molecule has 0 atom stereocenters. The monoisotopic (exact) mass is 510 g/mol. The van der Waals surface area contributed by atoms with Gasteiger partial charge in [-0.05, 0) is 68.3 Å². The molecule has 0 aromatic heterocycles. The van der Waals surface area contributed by atoms with Gasteiger partial charge in [0.2, 0.25) is 10.0 Å². The molecule has 2 aromatic rings. The molecule has 2 rings (SSSR count). The fraction of sp³-hybridized carbons (Fsp3) is 0.417. The van der Waals surface area contributed by atoms with Crippen LogP contribution >= 0.6 is 11.6 Å². The van der Waals surface area contributed by atoms with Gasteiger partial charge in [-0.3, -0.25) is 9.59 Å². The number of carbonyl (C=O) groups excluding carboxylic acids is 2. The molecule has 0 saturated carbocycles. The highest BCUT2D eigenvalue weighted by Crippen LogP contribution is 2.22. The van der Waals surface area contributed by atoms with Crippen molar-refractivity contribution in [2.75, 3.05) is 37.9 Å². The number of ether oxygens (including phenoxy) is 2. The Bertz CT molecular complexity index is 1100. The molecule has 0 unspecified atom stereocenters. The summed E-state index contributed by atoms with van der Waals surface area (Å²) in [5, 5.41) is -0.589. The van der Waals surface area contributed by atoms with Crippen LogP contribution in [0, 0.1) is 0 Å². The molecule has 34 heavy (non-hydrogen) atoms. The van der Waals surface area contributed by atoms with Crippen molar-refractivity contribution in [1.82, 2.24) is 4.31 Å². The summed E-state index contributed by atoms with van der Waals surface area (Å²) in [6.45, 7) is 5.47. The van der Waals surface area contributed by atoms with Crippen LogP contribution in [0.25, 0.3) is 0 Å². The number of nitrogens with zero attached hydrogens (tertiary/aromatic N) is 2. The highest BCUT2D eigenvalue weighted by Gasteiger charge is 2.25. The summed E-state index contributed by atoms with van der Waals surface area (Å²) in [5.41, 5.74) is 1.23. The lowest BCUT2D eigenvalue weighted by Crippen LogP contribution is -2.42. The predicted molar refractivity (Wildman–Crippen MR) is 133 cm³/mol. The molecule has 2 aromatic carbocycles. The van der Waals surface area contributed by atoms with Crippen LogP contribution < -0.4 is 9.64 Å². The average molecular weight is 511 g/mol. The van der Waals surface area contributed by atoms with Crippen molar-refractivity contribution in [2.24, 2.45) is 0 Å². The van der Waals surface area contributed by atoms with Crippen molar-refractivity contribution < 1.29 is 27.5 Å². The van der Waals surface area contributed by atoms with Crippen molar-refractivity contribution >= 4 is 38.5 Å². The summed E-state index contributed by atoms with van der Waals surface area (Å²) in [5.74, 6) is 0.0833.